The number of nitrogens with zero attached hydrogens (tertiary/aromatic N) is 1. The molecule has 0 saturated carbocycles. The molecule has 3 rings (SSSR count). The Kier molecular flexibility index (Phi) is 3.74. The highest BCUT2D eigenvalue weighted by Gasteiger charge is 2.14. The molecule has 104 valence electrons. The number of rotatable bonds is 2. The van der Waals surface area contributed by atoms with Gasteiger partial charge in [0.25, 0.3) is 5.91 Å². The molecule has 0 radical (unpaired) electrons. The Balaban J connectivity index is 1.85. The van der Waals surface area contributed by atoms with Crippen molar-refractivity contribution >= 4 is 27.5 Å². The summed E-state index contributed by atoms with van der Waals surface area (Å²) in [5.41, 5.74) is 3.93. The van der Waals surface area contributed by atoms with Crippen molar-refractivity contribution in [3.8, 4) is 6.07 Å². The summed E-state index contributed by atoms with van der Waals surface area (Å²) in [6.45, 7) is 1.64. The number of nitriles is 1. The molecule has 1 amide bonds. The number of carbonyl (C=O) groups is 1. The first-order valence-corrected chi connectivity index (χ1v) is 7.30. The van der Waals surface area contributed by atoms with Crippen molar-refractivity contribution in [3.05, 3.63) is 63.1 Å². The third kappa shape index (κ3) is 2.82. The number of hydrogen-bond donors (Lipinski definition) is 2. The summed E-state index contributed by atoms with van der Waals surface area (Å²) in [5, 5.41) is 15.2. The molecule has 2 N–H and O–H groups in total. The smallest absolute Gasteiger partial charge is 0.255 e. The minimum absolute atomic E-state index is 0.205. The molecule has 1 aliphatic heterocycles. The van der Waals surface area contributed by atoms with Crippen molar-refractivity contribution < 1.29 is 4.79 Å². The molecule has 0 spiro atoms. The predicted octanol–water partition coefficient (Wildman–Crippen LogP) is 3.18. The zero-order valence-corrected chi connectivity index (χ0v) is 12.7. The van der Waals surface area contributed by atoms with Gasteiger partial charge in [-0.15, -0.1) is 0 Å². The molecule has 0 fully saturated rings. The van der Waals surface area contributed by atoms with Crippen LogP contribution in [-0.2, 0) is 13.1 Å². The van der Waals surface area contributed by atoms with Gasteiger partial charge in [0.1, 0.15) is 6.07 Å². The summed E-state index contributed by atoms with van der Waals surface area (Å²) < 4.78 is 0.806. The minimum atomic E-state index is -0.205. The normalized spacial score (nSPS) is 12.6. The molecule has 0 aromatic heterocycles. The van der Waals surface area contributed by atoms with Crippen molar-refractivity contribution in [3.63, 3.8) is 0 Å². The van der Waals surface area contributed by atoms with Crippen LogP contribution in [0.4, 0.5) is 5.69 Å². The van der Waals surface area contributed by atoms with Gasteiger partial charge in [0.05, 0.1) is 11.3 Å². The van der Waals surface area contributed by atoms with E-state index in [1.807, 2.05) is 18.2 Å². The third-order valence-electron chi connectivity index (χ3n) is 3.45. The minimum Gasteiger partial charge on any atom is -0.321 e. The number of amides is 1. The van der Waals surface area contributed by atoms with Crippen LogP contribution in [0.25, 0.3) is 0 Å². The highest BCUT2D eigenvalue weighted by atomic mass is 79.9. The van der Waals surface area contributed by atoms with Crippen molar-refractivity contribution in [2.75, 3.05) is 5.32 Å². The van der Waals surface area contributed by atoms with E-state index in [-0.39, 0.29) is 5.91 Å². The van der Waals surface area contributed by atoms with E-state index in [9.17, 15) is 4.79 Å². The van der Waals surface area contributed by atoms with Gasteiger partial charge in [0.2, 0.25) is 0 Å². The summed E-state index contributed by atoms with van der Waals surface area (Å²) in [6, 6.07) is 13.0. The molecule has 0 bridgehead atoms. The van der Waals surface area contributed by atoms with E-state index in [4.69, 9.17) is 5.26 Å². The number of carbonyl (C=O) groups excluding carboxylic acids is 1. The number of hydrogen-bond acceptors (Lipinski definition) is 3. The number of anilines is 1. The molecule has 0 unspecified atom stereocenters. The molecule has 0 saturated heterocycles. The average Bonchev–Trinajstić information content (AvgIpc) is 2.96. The van der Waals surface area contributed by atoms with E-state index < -0.39 is 0 Å². The van der Waals surface area contributed by atoms with E-state index in [0.29, 0.717) is 16.8 Å². The van der Waals surface area contributed by atoms with Gasteiger partial charge in [-0.3, -0.25) is 4.79 Å². The third-order valence-corrected chi connectivity index (χ3v) is 3.94. The summed E-state index contributed by atoms with van der Waals surface area (Å²) in [6.07, 6.45) is 0. The van der Waals surface area contributed by atoms with Crippen LogP contribution < -0.4 is 10.6 Å². The molecule has 5 heteroatoms. The van der Waals surface area contributed by atoms with Gasteiger partial charge >= 0.3 is 0 Å². The van der Waals surface area contributed by atoms with Gasteiger partial charge in [-0.2, -0.15) is 5.26 Å². The predicted molar refractivity (Wildman–Crippen MR) is 83.8 cm³/mol. The van der Waals surface area contributed by atoms with Gasteiger partial charge in [-0.25, -0.2) is 0 Å². The topological polar surface area (TPSA) is 64.9 Å². The van der Waals surface area contributed by atoms with E-state index >= 15 is 0 Å². The lowest BCUT2D eigenvalue weighted by molar-refractivity contribution is 0.102. The second-order valence-electron chi connectivity index (χ2n) is 4.84. The maximum Gasteiger partial charge on any atom is 0.255 e. The van der Waals surface area contributed by atoms with Crippen LogP contribution in [0.1, 0.15) is 27.0 Å². The van der Waals surface area contributed by atoms with E-state index in [1.54, 1.807) is 18.2 Å². The van der Waals surface area contributed by atoms with Crippen LogP contribution in [0, 0.1) is 11.3 Å². The summed E-state index contributed by atoms with van der Waals surface area (Å²) in [4.78, 5) is 12.3. The fraction of sp³-hybridized carbons (Fsp3) is 0.125. The largest absolute Gasteiger partial charge is 0.321 e. The second kappa shape index (κ2) is 5.68. The molecule has 2 aromatic rings. The van der Waals surface area contributed by atoms with Crippen molar-refractivity contribution in [2.45, 2.75) is 13.1 Å². The van der Waals surface area contributed by atoms with E-state index in [2.05, 4.69) is 32.6 Å². The monoisotopic (exact) mass is 341 g/mol. The Morgan fingerprint density at radius 1 is 1.19 bits per heavy atom. The summed E-state index contributed by atoms with van der Waals surface area (Å²) in [5.74, 6) is -0.205. The lowest BCUT2D eigenvalue weighted by atomic mass is 10.1. The molecule has 1 heterocycles. The highest BCUT2D eigenvalue weighted by Crippen LogP contribution is 2.22. The van der Waals surface area contributed by atoms with Gasteiger partial charge in [0, 0.05) is 23.1 Å². The van der Waals surface area contributed by atoms with E-state index in [1.165, 1.54) is 5.56 Å². The van der Waals surface area contributed by atoms with E-state index in [0.717, 1.165) is 23.1 Å². The van der Waals surface area contributed by atoms with Crippen molar-refractivity contribution in [2.24, 2.45) is 0 Å². The number of nitrogens with one attached hydrogen (secondary N) is 2. The fourth-order valence-electron chi connectivity index (χ4n) is 2.35. The van der Waals surface area contributed by atoms with Gasteiger partial charge < -0.3 is 10.6 Å². The molecular weight excluding hydrogens is 330 g/mol. The molecule has 0 aliphatic carbocycles. The van der Waals surface area contributed by atoms with Crippen molar-refractivity contribution in [1.29, 1.82) is 5.26 Å². The van der Waals surface area contributed by atoms with Gasteiger partial charge in [-0.05, 0) is 41.5 Å². The number of benzene rings is 2. The quantitative estimate of drug-likeness (QED) is 0.881. The van der Waals surface area contributed by atoms with Crippen LogP contribution in [0.5, 0.6) is 0 Å². The second-order valence-corrected chi connectivity index (χ2v) is 5.76. The first kappa shape index (κ1) is 13.8. The Bertz CT molecular complexity index is 765. The molecule has 21 heavy (non-hydrogen) atoms. The molecule has 0 atom stereocenters. The van der Waals surface area contributed by atoms with Crippen LogP contribution >= 0.6 is 15.9 Å². The van der Waals surface area contributed by atoms with Crippen LogP contribution in [0.3, 0.4) is 0 Å². The number of fused-ring (bicyclic) bond motifs is 1. The molecular formula is C16H12BrN3O. The average molecular weight is 342 g/mol. The Morgan fingerprint density at radius 3 is 2.81 bits per heavy atom. The van der Waals surface area contributed by atoms with Gasteiger partial charge in [-0.1, -0.05) is 22.0 Å². The Morgan fingerprint density at radius 2 is 2.00 bits per heavy atom. The maximum atomic E-state index is 12.3. The lowest BCUT2D eigenvalue weighted by Crippen LogP contribution is -2.13. The highest BCUT2D eigenvalue weighted by molar-refractivity contribution is 9.10. The lowest BCUT2D eigenvalue weighted by Gasteiger charge is -2.08. The Hall–Kier alpha value is -2.16. The SMILES string of the molecule is N#Cc1cc(Br)ccc1NC(=O)c1ccc2c(c1)CNC2. The Labute approximate surface area is 130 Å². The molecule has 1 aliphatic rings. The maximum absolute atomic E-state index is 12.3. The molecule has 4 nitrogen and oxygen atoms in total. The first-order chi connectivity index (χ1) is 10.2. The van der Waals surface area contributed by atoms with Crippen LogP contribution in [0.15, 0.2) is 40.9 Å². The van der Waals surface area contributed by atoms with Crippen molar-refractivity contribution in [1.82, 2.24) is 5.32 Å². The first-order valence-electron chi connectivity index (χ1n) is 6.51. The van der Waals surface area contributed by atoms with Crippen LogP contribution in [-0.4, -0.2) is 5.91 Å². The fourth-order valence-corrected chi connectivity index (χ4v) is 2.71. The standard InChI is InChI=1S/C16H12BrN3O/c17-14-3-4-15(12(6-14)7-18)20-16(21)10-1-2-11-8-19-9-13(11)5-10/h1-6,19H,8-9H2,(H,20,21). The van der Waals surface area contributed by atoms with Crippen LogP contribution in [0.2, 0.25) is 0 Å². The summed E-state index contributed by atoms with van der Waals surface area (Å²) >= 11 is 3.31. The summed E-state index contributed by atoms with van der Waals surface area (Å²) in [7, 11) is 0. The van der Waals surface area contributed by atoms with Gasteiger partial charge in [0.15, 0.2) is 0 Å². The zero-order chi connectivity index (χ0) is 14.8. The zero-order valence-electron chi connectivity index (χ0n) is 11.1. The number of halogens is 1. The molecule has 2 aromatic carbocycles.